The summed E-state index contributed by atoms with van der Waals surface area (Å²) in [6.45, 7) is 5.81. The molecule has 2 amide bonds. The van der Waals surface area contributed by atoms with Crippen molar-refractivity contribution in [2.45, 2.75) is 71.2 Å². The van der Waals surface area contributed by atoms with Gasteiger partial charge in [0.05, 0.1) is 31.7 Å². The van der Waals surface area contributed by atoms with E-state index >= 15 is 0 Å². The van der Waals surface area contributed by atoms with E-state index in [4.69, 9.17) is 4.74 Å². The fraction of sp³-hybridized carbons (Fsp3) is 0.773. The molecule has 1 aliphatic rings. The number of nitrogens with zero attached hydrogens (tertiary/aromatic N) is 2. The van der Waals surface area contributed by atoms with Crippen LogP contribution in [0.5, 0.6) is 0 Å². The Kier molecular flexibility index (Phi) is 12.7. The van der Waals surface area contributed by atoms with Crippen molar-refractivity contribution in [2.24, 2.45) is 11.8 Å². The lowest BCUT2D eigenvalue weighted by Crippen LogP contribution is -2.56. The number of nitriles is 1. The van der Waals surface area contributed by atoms with E-state index in [2.05, 4.69) is 10.6 Å². The van der Waals surface area contributed by atoms with Crippen molar-refractivity contribution in [1.82, 2.24) is 15.5 Å². The summed E-state index contributed by atoms with van der Waals surface area (Å²) in [5.41, 5.74) is 0.0229. The van der Waals surface area contributed by atoms with Crippen molar-refractivity contribution in [3.8, 4) is 6.07 Å². The fourth-order valence-electron chi connectivity index (χ4n) is 3.76. The summed E-state index contributed by atoms with van der Waals surface area (Å²) < 4.78 is 43.8. The highest BCUT2D eigenvalue weighted by atomic mass is 19.4. The molecular formula is C22H36BF3N4O5. The molecule has 1 rings (SSSR count). The van der Waals surface area contributed by atoms with Gasteiger partial charge in [0, 0.05) is 6.54 Å². The third-order valence-electron chi connectivity index (χ3n) is 5.36. The highest BCUT2D eigenvalue weighted by molar-refractivity contribution is 6.43. The minimum absolute atomic E-state index is 0.00171. The summed E-state index contributed by atoms with van der Waals surface area (Å²) in [6, 6.07) is 0.115. The first-order chi connectivity index (χ1) is 16.2. The van der Waals surface area contributed by atoms with Gasteiger partial charge in [-0.05, 0) is 31.1 Å². The summed E-state index contributed by atoms with van der Waals surface area (Å²) in [6.07, 6.45) is -1.52. The fourth-order valence-corrected chi connectivity index (χ4v) is 3.76. The van der Waals surface area contributed by atoms with Gasteiger partial charge in [-0.3, -0.25) is 14.9 Å². The lowest BCUT2D eigenvalue weighted by atomic mass is 9.75. The van der Waals surface area contributed by atoms with Crippen LogP contribution in [0.4, 0.5) is 13.2 Å². The molecule has 1 unspecified atom stereocenters. The zero-order valence-electron chi connectivity index (χ0n) is 20.6. The Morgan fingerprint density at radius 3 is 2.46 bits per heavy atom. The minimum Gasteiger partial charge on any atom is -0.426 e. The first-order valence-electron chi connectivity index (χ1n) is 11.7. The lowest BCUT2D eigenvalue weighted by molar-refractivity contribution is -0.135. The number of alkyl halides is 3. The zero-order valence-corrected chi connectivity index (χ0v) is 20.6. The van der Waals surface area contributed by atoms with Gasteiger partial charge in [-0.1, -0.05) is 33.8 Å². The van der Waals surface area contributed by atoms with Crippen LogP contribution >= 0.6 is 0 Å². The molecule has 198 valence electrons. The standard InChI is InChI=1S/C22H36BF3N4O5/c1-14(2)8-16(10-27)21(32)30-7-5-6-17(30)11-35-12-18(28-13-22(24,25)26)20(31)29-19(23(33)34)9-15(3)4/h8,14-15,17-19,28,33-34H,5-7,9,11-13H2,1-4H3,(H,29,31)/t17-,18?,19-/m1/s1. The maximum atomic E-state index is 12.8. The number of rotatable bonds is 13. The molecule has 1 heterocycles. The van der Waals surface area contributed by atoms with E-state index in [1.54, 1.807) is 19.9 Å². The van der Waals surface area contributed by atoms with Crippen LogP contribution < -0.4 is 10.6 Å². The van der Waals surface area contributed by atoms with Gasteiger partial charge in [-0.15, -0.1) is 0 Å². The molecule has 0 aromatic heterocycles. The van der Waals surface area contributed by atoms with Crippen LogP contribution in [0, 0.1) is 23.2 Å². The number of hydrogen-bond donors (Lipinski definition) is 4. The number of nitrogens with one attached hydrogen (secondary N) is 2. The normalized spacial score (nSPS) is 18.5. The van der Waals surface area contributed by atoms with Gasteiger partial charge in [0.1, 0.15) is 17.7 Å². The Balaban J connectivity index is 2.83. The Labute approximate surface area is 204 Å². The third kappa shape index (κ3) is 11.4. The average molecular weight is 504 g/mol. The molecule has 1 fully saturated rings. The van der Waals surface area contributed by atoms with E-state index in [-0.39, 0.29) is 36.5 Å². The van der Waals surface area contributed by atoms with Crippen molar-refractivity contribution >= 4 is 18.9 Å². The third-order valence-corrected chi connectivity index (χ3v) is 5.36. The second kappa shape index (κ2) is 14.4. The van der Waals surface area contributed by atoms with Gasteiger partial charge in [0.2, 0.25) is 5.91 Å². The number of carbonyl (C=O) groups excluding carboxylic acids is 2. The molecule has 0 radical (unpaired) electrons. The Hall–Kier alpha value is -2.14. The number of hydrogen-bond acceptors (Lipinski definition) is 7. The molecule has 13 heteroatoms. The molecule has 0 aromatic carbocycles. The molecule has 9 nitrogen and oxygen atoms in total. The quantitative estimate of drug-likeness (QED) is 0.168. The summed E-state index contributed by atoms with van der Waals surface area (Å²) >= 11 is 0. The van der Waals surface area contributed by atoms with E-state index in [9.17, 15) is 38.1 Å². The summed E-state index contributed by atoms with van der Waals surface area (Å²) in [5.74, 6) is -2.35. The van der Waals surface area contributed by atoms with Crippen molar-refractivity contribution < 1.29 is 37.5 Å². The number of allylic oxidation sites excluding steroid dienone is 1. The van der Waals surface area contributed by atoms with E-state index in [0.29, 0.717) is 19.4 Å². The van der Waals surface area contributed by atoms with Crippen molar-refractivity contribution in [3.05, 3.63) is 11.6 Å². The number of amides is 2. The van der Waals surface area contributed by atoms with E-state index in [1.807, 2.05) is 19.9 Å². The van der Waals surface area contributed by atoms with Gasteiger partial charge >= 0.3 is 13.3 Å². The number of ether oxygens (including phenoxy) is 1. The summed E-state index contributed by atoms with van der Waals surface area (Å²) in [4.78, 5) is 26.9. The predicted octanol–water partition coefficient (Wildman–Crippen LogP) is 1.16. The van der Waals surface area contributed by atoms with Crippen LogP contribution in [-0.4, -0.2) is 84.4 Å². The van der Waals surface area contributed by atoms with Crippen LogP contribution in [0.1, 0.15) is 47.0 Å². The molecule has 1 aliphatic heterocycles. The highest BCUT2D eigenvalue weighted by Crippen LogP contribution is 2.21. The maximum absolute atomic E-state index is 12.8. The van der Waals surface area contributed by atoms with Gasteiger partial charge in [-0.25, -0.2) is 0 Å². The summed E-state index contributed by atoms with van der Waals surface area (Å²) in [5, 5.41) is 32.8. The van der Waals surface area contributed by atoms with E-state index in [1.165, 1.54) is 4.90 Å². The SMILES string of the molecule is CC(C)C=C(C#N)C(=O)N1CCC[C@@H]1COCC(NCC(F)(F)F)C(=O)N[C@H](CC(C)C)B(O)O. The summed E-state index contributed by atoms with van der Waals surface area (Å²) in [7, 11) is -1.88. The van der Waals surface area contributed by atoms with Gasteiger partial charge in [0.25, 0.3) is 5.91 Å². The highest BCUT2D eigenvalue weighted by Gasteiger charge is 2.34. The molecule has 1 saturated heterocycles. The van der Waals surface area contributed by atoms with Crippen LogP contribution in [0.3, 0.4) is 0 Å². The molecule has 0 aromatic rings. The van der Waals surface area contributed by atoms with Crippen LogP contribution in [0.15, 0.2) is 11.6 Å². The predicted molar refractivity (Wildman–Crippen MR) is 124 cm³/mol. The lowest BCUT2D eigenvalue weighted by Gasteiger charge is -2.27. The average Bonchev–Trinajstić information content (AvgIpc) is 3.20. The van der Waals surface area contributed by atoms with Gasteiger partial charge in [-0.2, -0.15) is 18.4 Å². The molecule has 0 saturated carbocycles. The van der Waals surface area contributed by atoms with Crippen molar-refractivity contribution in [3.63, 3.8) is 0 Å². The Morgan fingerprint density at radius 2 is 1.94 bits per heavy atom. The number of halogens is 3. The molecular weight excluding hydrogens is 468 g/mol. The van der Waals surface area contributed by atoms with Crippen molar-refractivity contribution in [2.75, 3.05) is 26.3 Å². The van der Waals surface area contributed by atoms with Crippen LogP contribution in [0.25, 0.3) is 0 Å². The van der Waals surface area contributed by atoms with Crippen LogP contribution in [-0.2, 0) is 14.3 Å². The molecule has 3 atom stereocenters. The largest absolute Gasteiger partial charge is 0.475 e. The molecule has 0 bridgehead atoms. The Bertz CT molecular complexity index is 771. The number of carbonyl (C=O) groups is 2. The second-order valence-electron chi connectivity index (χ2n) is 9.48. The first-order valence-corrected chi connectivity index (χ1v) is 11.7. The monoisotopic (exact) mass is 504 g/mol. The first kappa shape index (κ1) is 30.9. The number of likely N-dealkylation sites (tertiary alicyclic amines) is 1. The molecule has 0 aliphatic carbocycles. The zero-order chi connectivity index (χ0) is 26.8. The van der Waals surface area contributed by atoms with Crippen LogP contribution in [0.2, 0.25) is 0 Å². The van der Waals surface area contributed by atoms with E-state index < -0.39 is 50.2 Å². The Morgan fingerprint density at radius 1 is 1.29 bits per heavy atom. The van der Waals surface area contributed by atoms with E-state index in [0.717, 1.165) is 0 Å². The minimum atomic E-state index is -4.57. The molecule has 35 heavy (non-hydrogen) atoms. The van der Waals surface area contributed by atoms with Crippen molar-refractivity contribution in [1.29, 1.82) is 5.26 Å². The second-order valence-corrected chi connectivity index (χ2v) is 9.48. The maximum Gasteiger partial charge on any atom is 0.475 e. The smallest absolute Gasteiger partial charge is 0.426 e. The molecule has 4 N–H and O–H groups in total. The molecule has 0 spiro atoms. The van der Waals surface area contributed by atoms with Gasteiger partial charge in [0.15, 0.2) is 0 Å². The topological polar surface area (TPSA) is 135 Å². The van der Waals surface area contributed by atoms with Gasteiger partial charge < -0.3 is 25.0 Å².